The van der Waals surface area contributed by atoms with E-state index in [1.165, 1.54) is 31.0 Å². The van der Waals surface area contributed by atoms with E-state index in [1.54, 1.807) is 12.1 Å². The molecule has 1 saturated heterocycles. The van der Waals surface area contributed by atoms with Crippen LogP contribution in [0.4, 0.5) is 5.69 Å². The zero-order valence-electron chi connectivity index (χ0n) is 14.2. The Hall–Kier alpha value is -2.46. The van der Waals surface area contributed by atoms with Crippen LogP contribution in [0.2, 0.25) is 0 Å². The number of nitrogens with zero attached hydrogens (tertiary/aromatic N) is 4. The summed E-state index contributed by atoms with van der Waals surface area (Å²) in [6, 6.07) is 6.15. The van der Waals surface area contributed by atoms with Gasteiger partial charge in [-0.15, -0.1) is 10.2 Å². The first-order valence-corrected chi connectivity index (χ1v) is 9.06. The summed E-state index contributed by atoms with van der Waals surface area (Å²) in [5.41, 5.74) is 0.727. The number of benzene rings is 1. The van der Waals surface area contributed by atoms with E-state index in [0.717, 1.165) is 19.4 Å². The number of non-ortho nitro benzene ring substituents is 1. The highest BCUT2D eigenvalue weighted by molar-refractivity contribution is 7.99. The van der Waals surface area contributed by atoms with Crippen molar-refractivity contribution in [1.82, 2.24) is 14.8 Å². The molecule has 1 aliphatic heterocycles. The third kappa shape index (κ3) is 4.20. The van der Waals surface area contributed by atoms with Crippen molar-refractivity contribution in [3.8, 4) is 11.4 Å². The van der Waals surface area contributed by atoms with Gasteiger partial charge in [-0.25, -0.2) is 0 Å². The molecule has 2 heterocycles. The van der Waals surface area contributed by atoms with Crippen molar-refractivity contribution < 1.29 is 19.2 Å². The molecule has 9 nitrogen and oxygen atoms in total. The number of ether oxygens (including phenoxy) is 2. The summed E-state index contributed by atoms with van der Waals surface area (Å²) >= 11 is 1.24. The Morgan fingerprint density at radius 2 is 2.19 bits per heavy atom. The molecule has 0 amide bonds. The first-order chi connectivity index (χ1) is 12.6. The van der Waals surface area contributed by atoms with Gasteiger partial charge in [0.25, 0.3) is 5.69 Å². The average Bonchev–Trinajstić information content (AvgIpc) is 3.30. The molecule has 2 aromatic rings. The minimum atomic E-state index is -0.446. The Bertz CT molecular complexity index is 786. The van der Waals surface area contributed by atoms with E-state index in [0.29, 0.717) is 23.1 Å². The maximum atomic E-state index is 11.4. The second-order valence-corrected chi connectivity index (χ2v) is 6.66. The van der Waals surface area contributed by atoms with Crippen LogP contribution in [-0.4, -0.2) is 51.2 Å². The minimum absolute atomic E-state index is 0.0132. The molecule has 0 N–H and O–H groups in total. The molecule has 10 heteroatoms. The third-order valence-corrected chi connectivity index (χ3v) is 4.95. The molecule has 1 aromatic carbocycles. The fourth-order valence-electron chi connectivity index (χ4n) is 2.68. The second kappa shape index (κ2) is 8.28. The van der Waals surface area contributed by atoms with Crippen LogP contribution in [-0.2, 0) is 20.8 Å². The molecule has 138 valence electrons. The number of aromatic nitrogens is 3. The summed E-state index contributed by atoms with van der Waals surface area (Å²) < 4.78 is 12.3. The molecule has 1 unspecified atom stereocenters. The van der Waals surface area contributed by atoms with Gasteiger partial charge >= 0.3 is 5.97 Å². The summed E-state index contributed by atoms with van der Waals surface area (Å²) in [5.74, 6) is 0.363. The van der Waals surface area contributed by atoms with Gasteiger partial charge in [0.1, 0.15) is 0 Å². The van der Waals surface area contributed by atoms with E-state index < -0.39 is 4.92 Å². The maximum Gasteiger partial charge on any atom is 0.316 e. The maximum absolute atomic E-state index is 11.4. The van der Waals surface area contributed by atoms with Crippen LogP contribution in [0.1, 0.15) is 12.8 Å². The van der Waals surface area contributed by atoms with E-state index in [1.807, 2.05) is 4.57 Å². The lowest BCUT2D eigenvalue weighted by Gasteiger charge is -2.14. The molecule has 0 spiro atoms. The van der Waals surface area contributed by atoms with Gasteiger partial charge in [-0.1, -0.05) is 11.8 Å². The Morgan fingerprint density at radius 1 is 1.42 bits per heavy atom. The van der Waals surface area contributed by atoms with Crippen LogP contribution in [0.15, 0.2) is 29.4 Å². The zero-order valence-corrected chi connectivity index (χ0v) is 15.0. The van der Waals surface area contributed by atoms with Gasteiger partial charge in [0.2, 0.25) is 0 Å². The zero-order chi connectivity index (χ0) is 18.5. The van der Waals surface area contributed by atoms with Crippen molar-refractivity contribution in [2.75, 3.05) is 19.5 Å². The number of methoxy groups -OCH3 is 1. The molecule has 26 heavy (non-hydrogen) atoms. The lowest BCUT2D eigenvalue weighted by atomic mass is 10.2. The van der Waals surface area contributed by atoms with E-state index >= 15 is 0 Å². The summed E-state index contributed by atoms with van der Waals surface area (Å²) in [7, 11) is 1.34. The standard InChI is InChI=1S/C16H18N4O5S/c1-24-14(21)10-26-16-18-17-15(19(16)9-13-3-2-8-25-13)11-4-6-12(7-5-11)20(22)23/h4-7,13H,2-3,8-10H2,1H3. The van der Waals surface area contributed by atoms with Crippen LogP contribution >= 0.6 is 11.8 Å². The number of rotatable bonds is 7. The van der Waals surface area contributed by atoms with Crippen LogP contribution in [0.25, 0.3) is 11.4 Å². The lowest BCUT2D eigenvalue weighted by Crippen LogP contribution is -2.17. The Labute approximate surface area is 153 Å². The van der Waals surface area contributed by atoms with Gasteiger partial charge in [-0.05, 0) is 25.0 Å². The Morgan fingerprint density at radius 3 is 2.81 bits per heavy atom. The van der Waals surface area contributed by atoms with Gasteiger partial charge in [-0.2, -0.15) is 0 Å². The van der Waals surface area contributed by atoms with Crippen LogP contribution in [0, 0.1) is 10.1 Å². The predicted octanol–water partition coefficient (Wildman–Crippen LogP) is 2.30. The van der Waals surface area contributed by atoms with Gasteiger partial charge in [0.05, 0.1) is 30.4 Å². The second-order valence-electron chi connectivity index (χ2n) is 5.72. The van der Waals surface area contributed by atoms with E-state index in [-0.39, 0.29) is 23.5 Å². The van der Waals surface area contributed by atoms with Gasteiger partial charge in [0, 0.05) is 24.3 Å². The highest BCUT2D eigenvalue weighted by Crippen LogP contribution is 2.27. The van der Waals surface area contributed by atoms with E-state index in [2.05, 4.69) is 14.9 Å². The summed E-state index contributed by atoms with van der Waals surface area (Å²) in [4.78, 5) is 21.8. The number of carbonyl (C=O) groups excluding carboxylic acids is 1. The van der Waals surface area contributed by atoms with E-state index in [4.69, 9.17) is 4.74 Å². The lowest BCUT2D eigenvalue weighted by molar-refractivity contribution is -0.384. The van der Waals surface area contributed by atoms with Crippen molar-refractivity contribution in [1.29, 1.82) is 0 Å². The highest BCUT2D eigenvalue weighted by atomic mass is 32.2. The number of esters is 1. The van der Waals surface area contributed by atoms with Crippen molar-refractivity contribution in [3.63, 3.8) is 0 Å². The number of nitro groups is 1. The normalized spacial score (nSPS) is 16.6. The van der Waals surface area contributed by atoms with Crippen molar-refractivity contribution in [3.05, 3.63) is 34.4 Å². The smallest absolute Gasteiger partial charge is 0.316 e. The third-order valence-electron chi connectivity index (χ3n) is 4.01. The van der Waals surface area contributed by atoms with E-state index in [9.17, 15) is 14.9 Å². The minimum Gasteiger partial charge on any atom is -0.468 e. The monoisotopic (exact) mass is 378 g/mol. The first kappa shape index (κ1) is 18.3. The molecule has 1 aromatic heterocycles. The fourth-order valence-corrected chi connectivity index (χ4v) is 3.46. The molecule has 0 bridgehead atoms. The molecule has 3 rings (SSSR count). The van der Waals surface area contributed by atoms with Gasteiger partial charge in [-0.3, -0.25) is 19.5 Å². The largest absolute Gasteiger partial charge is 0.468 e. The Balaban J connectivity index is 1.88. The molecule has 0 saturated carbocycles. The Kier molecular flexibility index (Phi) is 5.84. The fraction of sp³-hybridized carbons (Fsp3) is 0.438. The quantitative estimate of drug-likeness (QED) is 0.312. The molecule has 0 radical (unpaired) electrons. The summed E-state index contributed by atoms with van der Waals surface area (Å²) in [6.07, 6.45) is 2.00. The number of carbonyl (C=O) groups is 1. The number of hydrogen-bond acceptors (Lipinski definition) is 8. The van der Waals surface area contributed by atoms with Crippen LogP contribution in [0.5, 0.6) is 0 Å². The molecule has 1 atom stereocenters. The van der Waals surface area contributed by atoms with Crippen LogP contribution in [0.3, 0.4) is 0 Å². The van der Waals surface area contributed by atoms with Crippen LogP contribution < -0.4 is 0 Å². The molecule has 1 fully saturated rings. The number of hydrogen-bond donors (Lipinski definition) is 0. The van der Waals surface area contributed by atoms with Crippen molar-refractivity contribution in [2.45, 2.75) is 30.6 Å². The molecule has 1 aliphatic rings. The molecule has 0 aliphatic carbocycles. The number of nitro benzene ring substituents is 1. The van der Waals surface area contributed by atoms with Gasteiger partial charge in [0.15, 0.2) is 11.0 Å². The number of thioether (sulfide) groups is 1. The SMILES string of the molecule is COC(=O)CSc1nnc(-c2ccc([N+](=O)[O-])cc2)n1CC1CCCO1. The molecular formula is C16H18N4O5S. The summed E-state index contributed by atoms with van der Waals surface area (Å²) in [5, 5.41) is 19.8. The van der Waals surface area contributed by atoms with Crippen molar-refractivity contribution in [2.24, 2.45) is 0 Å². The van der Waals surface area contributed by atoms with Crippen molar-refractivity contribution >= 4 is 23.4 Å². The first-order valence-electron chi connectivity index (χ1n) is 8.07. The molecular weight excluding hydrogens is 360 g/mol. The van der Waals surface area contributed by atoms with Gasteiger partial charge < -0.3 is 9.47 Å². The summed E-state index contributed by atoms with van der Waals surface area (Å²) in [6.45, 7) is 1.28. The predicted molar refractivity (Wildman–Crippen MR) is 93.8 cm³/mol. The highest BCUT2D eigenvalue weighted by Gasteiger charge is 2.22. The topological polar surface area (TPSA) is 109 Å². The average molecular weight is 378 g/mol.